The van der Waals surface area contributed by atoms with Gasteiger partial charge in [-0.2, -0.15) is 0 Å². The van der Waals surface area contributed by atoms with Gasteiger partial charge in [-0.25, -0.2) is 4.39 Å². The Hall–Kier alpha value is -3.41. The van der Waals surface area contributed by atoms with Crippen molar-refractivity contribution in [2.24, 2.45) is 0 Å². The summed E-state index contributed by atoms with van der Waals surface area (Å²) in [6.45, 7) is 5.60. The first-order valence-electron chi connectivity index (χ1n) is 11.6. The molecule has 0 bridgehead atoms. The first-order valence-corrected chi connectivity index (χ1v) is 11.6. The summed E-state index contributed by atoms with van der Waals surface area (Å²) in [6.07, 6.45) is 3.60. The molecule has 6 heteroatoms. The molecule has 0 aliphatic carbocycles. The number of amides is 2. The van der Waals surface area contributed by atoms with Crippen LogP contribution in [0.15, 0.2) is 66.9 Å². The van der Waals surface area contributed by atoms with E-state index in [-0.39, 0.29) is 24.2 Å². The van der Waals surface area contributed by atoms with Crippen LogP contribution in [0.25, 0.3) is 0 Å². The fourth-order valence-corrected chi connectivity index (χ4v) is 4.52. The molecule has 0 radical (unpaired) electrons. The molecule has 4 rings (SSSR count). The summed E-state index contributed by atoms with van der Waals surface area (Å²) in [7, 11) is 0. The molecule has 172 valence electrons. The molecule has 0 saturated carbocycles. The van der Waals surface area contributed by atoms with E-state index in [9.17, 15) is 14.0 Å². The van der Waals surface area contributed by atoms with Crippen LogP contribution in [0, 0.1) is 5.82 Å². The minimum atomic E-state index is -0.523. The van der Waals surface area contributed by atoms with Crippen LogP contribution < -0.4 is 0 Å². The molecule has 0 unspecified atom stereocenters. The summed E-state index contributed by atoms with van der Waals surface area (Å²) >= 11 is 0. The summed E-state index contributed by atoms with van der Waals surface area (Å²) in [5, 5.41) is 0. The van der Waals surface area contributed by atoms with Crippen LogP contribution in [0.1, 0.15) is 53.5 Å². The van der Waals surface area contributed by atoms with Crippen LogP contribution in [0.4, 0.5) is 4.39 Å². The molecule has 2 heterocycles. The van der Waals surface area contributed by atoms with Gasteiger partial charge in [0.2, 0.25) is 5.91 Å². The molecule has 33 heavy (non-hydrogen) atoms. The van der Waals surface area contributed by atoms with Crippen molar-refractivity contribution in [1.82, 2.24) is 14.4 Å². The first-order chi connectivity index (χ1) is 16.0. The predicted molar refractivity (Wildman–Crippen MR) is 126 cm³/mol. The molecule has 1 aliphatic heterocycles. The van der Waals surface area contributed by atoms with E-state index in [2.05, 4.69) is 11.5 Å². The third kappa shape index (κ3) is 4.70. The smallest absolute Gasteiger partial charge is 0.254 e. The van der Waals surface area contributed by atoms with E-state index >= 15 is 0 Å². The maximum atomic E-state index is 14.8. The fraction of sp³-hybridized carbons (Fsp3) is 0.333. The van der Waals surface area contributed by atoms with Crippen molar-refractivity contribution >= 4 is 11.8 Å². The van der Waals surface area contributed by atoms with Gasteiger partial charge in [0.1, 0.15) is 18.4 Å². The highest BCUT2D eigenvalue weighted by molar-refractivity contribution is 5.96. The molecular formula is C27H30FN3O2. The molecule has 1 atom stereocenters. The van der Waals surface area contributed by atoms with Crippen molar-refractivity contribution < 1.29 is 14.0 Å². The average molecular weight is 448 g/mol. The number of carbonyl (C=O) groups excluding carboxylic acids is 2. The van der Waals surface area contributed by atoms with Crippen LogP contribution >= 0.6 is 0 Å². The zero-order valence-corrected chi connectivity index (χ0v) is 19.2. The van der Waals surface area contributed by atoms with Gasteiger partial charge < -0.3 is 14.4 Å². The number of rotatable bonds is 7. The van der Waals surface area contributed by atoms with Crippen LogP contribution in [0.5, 0.6) is 0 Å². The Kier molecular flexibility index (Phi) is 6.92. The molecule has 5 nitrogen and oxygen atoms in total. The van der Waals surface area contributed by atoms with Gasteiger partial charge in [-0.1, -0.05) is 44.2 Å². The van der Waals surface area contributed by atoms with E-state index in [1.165, 1.54) is 6.07 Å². The van der Waals surface area contributed by atoms with Crippen molar-refractivity contribution in [2.45, 2.75) is 39.3 Å². The highest BCUT2D eigenvalue weighted by Gasteiger charge is 2.34. The summed E-state index contributed by atoms with van der Waals surface area (Å²) < 4.78 is 16.9. The van der Waals surface area contributed by atoms with E-state index in [0.717, 1.165) is 24.1 Å². The van der Waals surface area contributed by atoms with Crippen molar-refractivity contribution in [3.05, 3.63) is 95.1 Å². The van der Waals surface area contributed by atoms with Crippen LogP contribution in [-0.4, -0.2) is 45.8 Å². The number of hydrogen-bond donors (Lipinski definition) is 0. The lowest BCUT2D eigenvalue weighted by atomic mass is 9.99. The number of benzene rings is 2. The molecule has 1 aromatic heterocycles. The summed E-state index contributed by atoms with van der Waals surface area (Å²) in [5.41, 5.74) is 3.08. The van der Waals surface area contributed by atoms with Crippen molar-refractivity contribution in [3.63, 3.8) is 0 Å². The molecule has 0 fully saturated rings. The molecule has 2 amide bonds. The monoisotopic (exact) mass is 447 g/mol. The van der Waals surface area contributed by atoms with Gasteiger partial charge in [0.15, 0.2) is 0 Å². The summed E-state index contributed by atoms with van der Waals surface area (Å²) in [6, 6.07) is 17.5. The highest BCUT2D eigenvalue weighted by atomic mass is 19.1. The second kappa shape index (κ2) is 10.0. The lowest BCUT2D eigenvalue weighted by Crippen LogP contribution is -2.48. The fourth-order valence-electron chi connectivity index (χ4n) is 4.52. The number of aromatic nitrogens is 1. The van der Waals surface area contributed by atoms with E-state index < -0.39 is 6.04 Å². The zero-order chi connectivity index (χ0) is 23.4. The molecule has 3 aromatic rings. The van der Waals surface area contributed by atoms with Gasteiger partial charge in [0.25, 0.3) is 5.91 Å². The lowest BCUT2D eigenvalue weighted by molar-refractivity contribution is -0.134. The number of hydrogen-bond acceptors (Lipinski definition) is 2. The number of halogens is 1. The Morgan fingerprint density at radius 3 is 2.45 bits per heavy atom. The quantitative estimate of drug-likeness (QED) is 0.528. The Morgan fingerprint density at radius 1 is 1.00 bits per heavy atom. The second-order valence-electron chi connectivity index (χ2n) is 8.41. The Morgan fingerprint density at radius 2 is 1.76 bits per heavy atom. The van der Waals surface area contributed by atoms with E-state index in [4.69, 9.17) is 0 Å². The normalized spacial score (nSPS) is 15.2. The predicted octanol–water partition coefficient (Wildman–Crippen LogP) is 4.67. The standard InChI is InChI=1S/C27H30FN3O2/c1-3-15-30(27(33)21-13-11-20(4-2)12-14-21)19-25(32)31-18-17-29-16-7-10-24(29)26(31)22-8-5-6-9-23(22)28/h5-14,16,26H,3-4,15,17-19H2,1-2H3/t26-/m0/s1. The van der Waals surface area contributed by atoms with Gasteiger partial charge in [-0.05, 0) is 48.7 Å². The lowest BCUT2D eigenvalue weighted by Gasteiger charge is -2.38. The van der Waals surface area contributed by atoms with Gasteiger partial charge in [0.05, 0.1) is 0 Å². The zero-order valence-electron chi connectivity index (χ0n) is 19.2. The van der Waals surface area contributed by atoms with Crippen molar-refractivity contribution in [1.29, 1.82) is 0 Å². The molecule has 1 aliphatic rings. The van der Waals surface area contributed by atoms with Crippen molar-refractivity contribution in [3.8, 4) is 0 Å². The second-order valence-corrected chi connectivity index (χ2v) is 8.41. The Labute approximate surface area is 194 Å². The van der Waals surface area contributed by atoms with E-state index in [1.807, 2.05) is 49.5 Å². The largest absolute Gasteiger partial charge is 0.348 e. The third-order valence-corrected chi connectivity index (χ3v) is 6.27. The Bertz CT molecular complexity index is 1120. The highest BCUT2D eigenvalue weighted by Crippen LogP contribution is 2.34. The van der Waals surface area contributed by atoms with Gasteiger partial charge >= 0.3 is 0 Å². The molecule has 0 spiro atoms. The third-order valence-electron chi connectivity index (χ3n) is 6.27. The first kappa shape index (κ1) is 22.8. The summed E-state index contributed by atoms with van der Waals surface area (Å²) in [4.78, 5) is 30.1. The van der Waals surface area contributed by atoms with E-state index in [1.54, 1.807) is 28.0 Å². The number of fused-ring (bicyclic) bond motifs is 1. The van der Waals surface area contributed by atoms with Gasteiger partial charge in [-0.15, -0.1) is 0 Å². The maximum absolute atomic E-state index is 14.8. The van der Waals surface area contributed by atoms with Gasteiger partial charge in [0, 0.05) is 42.7 Å². The molecule has 2 aromatic carbocycles. The number of nitrogens with zero attached hydrogens (tertiary/aromatic N) is 3. The minimum Gasteiger partial charge on any atom is -0.348 e. The number of carbonyl (C=O) groups is 2. The molecular weight excluding hydrogens is 417 g/mol. The van der Waals surface area contributed by atoms with Gasteiger partial charge in [-0.3, -0.25) is 9.59 Å². The van der Waals surface area contributed by atoms with Crippen molar-refractivity contribution in [2.75, 3.05) is 19.6 Å². The van der Waals surface area contributed by atoms with Crippen LogP contribution in [-0.2, 0) is 17.8 Å². The molecule has 0 N–H and O–H groups in total. The Balaban J connectivity index is 1.60. The molecule has 0 saturated heterocycles. The van der Waals surface area contributed by atoms with Crippen LogP contribution in [0.2, 0.25) is 0 Å². The minimum absolute atomic E-state index is 0.0339. The van der Waals surface area contributed by atoms with Crippen LogP contribution in [0.3, 0.4) is 0 Å². The van der Waals surface area contributed by atoms with E-state index in [0.29, 0.717) is 30.8 Å². The number of aryl methyl sites for hydroxylation is 1. The topological polar surface area (TPSA) is 45.6 Å². The maximum Gasteiger partial charge on any atom is 0.254 e. The average Bonchev–Trinajstić information content (AvgIpc) is 3.32. The SMILES string of the molecule is CCCN(CC(=O)N1CCn2cccc2[C@@H]1c1ccccc1F)C(=O)c1ccc(CC)cc1. The summed E-state index contributed by atoms with van der Waals surface area (Å²) in [5.74, 6) is -0.675.